The van der Waals surface area contributed by atoms with Gasteiger partial charge in [0.15, 0.2) is 0 Å². The van der Waals surface area contributed by atoms with Crippen molar-refractivity contribution in [2.45, 2.75) is 51.4 Å². The molecule has 0 bridgehead atoms. The smallest absolute Gasteiger partial charge is 0.318 e. The number of hydrogen-bond donors (Lipinski definition) is 1. The SMILES string of the molecule is C[C@@H]1CN(c2ncc(C#N)cn2)C[C@H](C)N1C(=O)NC1CC2(C1)CN(Cc1ccc(F)cc1)C2. The zero-order valence-corrected chi connectivity index (χ0v) is 19.6. The maximum atomic E-state index is 13.1. The summed E-state index contributed by atoms with van der Waals surface area (Å²) in [7, 11) is 0. The van der Waals surface area contributed by atoms with Crippen molar-refractivity contribution in [1.29, 1.82) is 5.26 Å². The minimum atomic E-state index is -0.200. The van der Waals surface area contributed by atoms with E-state index in [-0.39, 0.29) is 30.0 Å². The Kier molecular flexibility index (Phi) is 5.86. The third-order valence-electron chi connectivity index (χ3n) is 7.33. The number of amides is 2. The van der Waals surface area contributed by atoms with E-state index in [1.807, 2.05) is 36.9 Å². The van der Waals surface area contributed by atoms with Gasteiger partial charge in [0.25, 0.3) is 0 Å². The number of benzene rings is 1. The van der Waals surface area contributed by atoms with Crippen molar-refractivity contribution in [1.82, 2.24) is 25.1 Å². The largest absolute Gasteiger partial charge is 0.337 e. The standard InChI is InChI=1S/C25H30FN7O/c1-17-12-32(23-28-10-20(9-27)11-29-23)13-18(2)33(17)24(34)30-22-7-25(8-22)15-31(16-25)14-19-3-5-21(26)6-4-19/h3-6,10-11,17-18,22H,7-8,12-16H2,1-2H3,(H,30,34)/t17-,18+. The van der Waals surface area contributed by atoms with Gasteiger partial charge in [-0.15, -0.1) is 0 Å². The number of carbonyl (C=O) groups is 1. The molecule has 2 saturated heterocycles. The Morgan fingerprint density at radius 2 is 1.76 bits per heavy atom. The molecule has 1 spiro atoms. The molecule has 1 aromatic carbocycles. The van der Waals surface area contributed by atoms with Crippen LogP contribution in [-0.4, -0.2) is 70.1 Å². The fourth-order valence-electron chi connectivity index (χ4n) is 5.89. The van der Waals surface area contributed by atoms with Gasteiger partial charge in [-0.3, -0.25) is 4.90 Å². The van der Waals surface area contributed by atoms with Crippen LogP contribution in [0.25, 0.3) is 0 Å². The molecule has 2 atom stereocenters. The minimum Gasteiger partial charge on any atom is -0.337 e. The molecule has 3 fully saturated rings. The first kappa shape index (κ1) is 22.5. The Morgan fingerprint density at radius 3 is 2.35 bits per heavy atom. The van der Waals surface area contributed by atoms with Crippen molar-refractivity contribution >= 4 is 12.0 Å². The lowest BCUT2D eigenvalue weighted by Gasteiger charge is -2.59. The molecule has 3 heterocycles. The zero-order chi connectivity index (χ0) is 23.9. The number of rotatable bonds is 4. The first-order valence-electron chi connectivity index (χ1n) is 11.9. The van der Waals surface area contributed by atoms with Crippen LogP contribution in [0.1, 0.15) is 37.8 Å². The maximum Gasteiger partial charge on any atom is 0.318 e. The number of urea groups is 1. The number of anilines is 1. The average Bonchev–Trinajstić information content (AvgIpc) is 2.77. The van der Waals surface area contributed by atoms with Crippen LogP contribution in [0.2, 0.25) is 0 Å². The summed E-state index contributed by atoms with van der Waals surface area (Å²) in [5.74, 6) is 0.392. The average molecular weight is 464 g/mol. The zero-order valence-electron chi connectivity index (χ0n) is 19.6. The molecule has 1 aromatic heterocycles. The first-order chi connectivity index (χ1) is 16.3. The molecule has 3 aliphatic rings. The highest BCUT2D eigenvalue weighted by Crippen LogP contribution is 2.48. The summed E-state index contributed by atoms with van der Waals surface area (Å²) < 4.78 is 13.1. The van der Waals surface area contributed by atoms with Gasteiger partial charge in [-0.1, -0.05) is 12.1 Å². The molecule has 1 N–H and O–H groups in total. The molecule has 0 unspecified atom stereocenters. The van der Waals surface area contributed by atoms with Crippen LogP contribution < -0.4 is 10.2 Å². The second kappa shape index (κ2) is 8.84. The lowest BCUT2D eigenvalue weighted by molar-refractivity contribution is -0.0813. The van der Waals surface area contributed by atoms with E-state index in [0.29, 0.717) is 30.0 Å². The van der Waals surface area contributed by atoms with Crippen molar-refractivity contribution in [3.05, 3.63) is 53.6 Å². The highest BCUT2D eigenvalue weighted by atomic mass is 19.1. The molecule has 9 heteroatoms. The Bertz CT molecular complexity index is 1060. The van der Waals surface area contributed by atoms with Crippen LogP contribution >= 0.6 is 0 Å². The molecule has 178 valence electrons. The molecule has 34 heavy (non-hydrogen) atoms. The highest BCUT2D eigenvalue weighted by molar-refractivity contribution is 5.76. The van der Waals surface area contributed by atoms with Crippen LogP contribution in [0.4, 0.5) is 15.1 Å². The van der Waals surface area contributed by atoms with Crippen LogP contribution in [0.15, 0.2) is 36.7 Å². The Labute approximate surface area is 199 Å². The molecule has 5 rings (SSSR count). The van der Waals surface area contributed by atoms with Gasteiger partial charge in [0.05, 0.1) is 18.0 Å². The van der Waals surface area contributed by atoms with Gasteiger partial charge in [0.2, 0.25) is 5.95 Å². The van der Waals surface area contributed by atoms with E-state index >= 15 is 0 Å². The van der Waals surface area contributed by atoms with Crippen LogP contribution in [0.3, 0.4) is 0 Å². The number of likely N-dealkylation sites (tertiary alicyclic amines) is 1. The Morgan fingerprint density at radius 1 is 1.15 bits per heavy atom. The normalized spacial score (nSPS) is 24.3. The molecular formula is C25H30FN7O. The van der Waals surface area contributed by atoms with Crippen molar-refractivity contribution in [2.24, 2.45) is 5.41 Å². The molecule has 2 aromatic rings. The summed E-state index contributed by atoms with van der Waals surface area (Å²) in [6, 6.07) is 9.02. The number of nitrogens with zero attached hydrogens (tertiary/aromatic N) is 6. The summed E-state index contributed by atoms with van der Waals surface area (Å²) in [4.78, 5) is 28.1. The van der Waals surface area contributed by atoms with Gasteiger partial charge in [-0.2, -0.15) is 5.26 Å². The van der Waals surface area contributed by atoms with Crippen LogP contribution in [0, 0.1) is 22.6 Å². The number of halogens is 1. The van der Waals surface area contributed by atoms with E-state index in [9.17, 15) is 9.18 Å². The van der Waals surface area contributed by atoms with Gasteiger partial charge in [-0.05, 0) is 49.8 Å². The lowest BCUT2D eigenvalue weighted by atomic mass is 9.60. The summed E-state index contributed by atoms with van der Waals surface area (Å²) >= 11 is 0. The third-order valence-corrected chi connectivity index (χ3v) is 7.33. The van der Waals surface area contributed by atoms with E-state index in [0.717, 1.165) is 38.0 Å². The summed E-state index contributed by atoms with van der Waals surface area (Å²) in [6.07, 6.45) is 5.09. The number of nitriles is 1. The minimum absolute atomic E-state index is 0.00254. The van der Waals surface area contributed by atoms with Crippen molar-refractivity contribution in [3.8, 4) is 6.07 Å². The highest BCUT2D eigenvalue weighted by Gasteiger charge is 2.52. The van der Waals surface area contributed by atoms with E-state index < -0.39 is 0 Å². The number of piperazine rings is 1. The Hall–Kier alpha value is -3.25. The predicted molar refractivity (Wildman–Crippen MR) is 125 cm³/mol. The number of hydrogen-bond acceptors (Lipinski definition) is 6. The summed E-state index contributed by atoms with van der Waals surface area (Å²) in [5.41, 5.74) is 1.89. The number of nitrogens with one attached hydrogen (secondary N) is 1. The molecular weight excluding hydrogens is 433 g/mol. The second-order valence-electron chi connectivity index (χ2n) is 10.2. The number of carbonyl (C=O) groups excluding carboxylic acids is 1. The quantitative estimate of drug-likeness (QED) is 0.750. The van der Waals surface area contributed by atoms with Gasteiger partial charge < -0.3 is 15.1 Å². The summed E-state index contributed by atoms with van der Waals surface area (Å²) in [5, 5.41) is 12.2. The van der Waals surface area contributed by atoms with Crippen molar-refractivity contribution < 1.29 is 9.18 Å². The van der Waals surface area contributed by atoms with Crippen LogP contribution in [-0.2, 0) is 6.54 Å². The molecule has 1 aliphatic carbocycles. The van der Waals surface area contributed by atoms with Gasteiger partial charge in [-0.25, -0.2) is 19.2 Å². The van der Waals surface area contributed by atoms with E-state index in [2.05, 4.69) is 25.1 Å². The topological polar surface area (TPSA) is 88.4 Å². The first-order valence-corrected chi connectivity index (χ1v) is 11.9. The monoisotopic (exact) mass is 463 g/mol. The van der Waals surface area contributed by atoms with E-state index in [1.54, 1.807) is 0 Å². The third kappa shape index (κ3) is 4.42. The van der Waals surface area contributed by atoms with Crippen molar-refractivity contribution in [3.63, 3.8) is 0 Å². The fourth-order valence-corrected chi connectivity index (χ4v) is 5.89. The molecule has 2 amide bonds. The summed E-state index contributed by atoms with van der Waals surface area (Å²) in [6.45, 7) is 8.31. The maximum absolute atomic E-state index is 13.1. The van der Waals surface area contributed by atoms with E-state index in [4.69, 9.17) is 5.26 Å². The Balaban J connectivity index is 1.08. The number of aromatic nitrogens is 2. The molecule has 1 saturated carbocycles. The molecule has 8 nitrogen and oxygen atoms in total. The van der Waals surface area contributed by atoms with Crippen LogP contribution in [0.5, 0.6) is 0 Å². The van der Waals surface area contributed by atoms with Gasteiger partial charge in [0, 0.05) is 50.8 Å². The molecule has 2 aliphatic heterocycles. The van der Waals surface area contributed by atoms with Crippen molar-refractivity contribution in [2.75, 3.05) is 31.1 Å². The van der Waals surface area contributed by atoms with Gasteiger partial charge >= 0.3 is 6.03 Å². The predicted octanol–water partition coefficient (Wildman–Crippen LogP) is 2.76. The van der Waals surface area contributed by atoms with Gasteiger partial charge in [0.1, 0.15) is 11.9 Å². The molecule has 0 radical (unpaired) electrons. The van der Waals surface area contributed by atoms with E-state index in [1.165, 1.54) is 24.5 Å². The fraction of sp³-hybridized carbons (Fsp3) is 0.520. The second-order valence-corrected chi connectivity index (χ2v) is 10.2. The lowest BCUT2D eigenvalue weighted by Crippen LogP contribution is -2.68.